The van der Waals surface area contributed by atoms with E-state index in [1.807, 2.05) is 31.4 Å². The van der Waals surface area contributed by atoms with E-state index in [0.717, 1.165) is 17.5 Å². The maximum absolute atomic E-state index is 13.4. The summed E-state index contributed by atoms with van der Waals surface area (Å²) in [5, 5.41) is 4.85. The zero-order valence-electron chi connectivity index (χ0n) is 15.5. The summed E-state index contributed by atoms with van der Waals surface area (Å²) in [7, 11) is 1.83. The van der Waals surface area contributed by atoms with Crippen LogP contribution in [-0.2, 0) is 6.18 Å². The molecule has 0 fully saturated rings. The average molecular weight is 389 g/mol. The number of allylic oxidation sites excluding steroid dienone is 5. The molecule has 0 bridgehead atoms. The Morgan fingerprint density at radius 2 is 1.93 bits per heavy atom. The molecule has 1 aromatic carbocycles. The number of hydrazine groups is 1. The molecule has 8 heteroatoms. The second-order valence-electron chi connectivity index (χ2n) is 6.58. The van der Waals surface area contributed by atoms with E-state index in [0.29, 0.717) is 0 Å². The van der Waals surface area contributed by atoms with Gasteiger partial charge in [0, 0.05) is 23.9 Å². The molecule has 0 saturated heterocycles. The third-order valence-electron chi connectivity index (χ3n) is 4.48. The molecular formula is C20H22F3N5. The van der Waals surface area contributed by atoms with Crippen molar-refractivity contribution in [2.75, 3.05) is 7.05 Å². The molecule has 6 N–H and O–H groups in total. The first kappa shape index (κ1) is 19.6. The van der Waals surface area contributed by atoms with Gasteiger partial charge in [-0.3, -0.25) is 5.01 Å². The minimum atomic E-state index is -4.50. The molecular weight excluding hydrogens is 367 g/mol. The lowest BCUT2D eigenvalue weighted by molar-refractivity contribution is -0.137. The summed E-state index contributed by atoms with van der Waals surface area (Å²) in [6.07, 6.45) is 4.71. The van der Waals surface area contributed by atoms with Crippen molar-refractivity contribution in [3.8, 4) is 0 Å². The van der Waals surface area contributed by atoms with Crippen LogP contribution in [0.3, 0.4) is 0 Å². The molecule has 1 heterocycles. The molecule has 2 aliphatic rings. The summed E-state index contributed by atoms with van der Waals surface area (Å²) >= 11 is 0. The van der Waals surface area contributed by atoms with Crippen LogP contribution in [0.1, 0.15) is 18.1 Å². The van der Waals surface area contributed by atoms with Crippen molar-refractivity contribution in [3.63, 3.8) is 0 Å². The molecule has 0 radical (unpaired) electrons. The molecule has 0 aromatic heterocycles. The van der Waals surface area contributed by atoms with Gasteiger partial charge in [0.25, 0.3) is 0 Å². The molecule has 0 saturated carbocycles. The van der Waals surface area contributed by atoms with Crippen molar-refractivity contribution in [1.82, 2.24) is 15.8 Å². The Bertz CT molecular complexity index is 918. The molecule has 1 aliphatic carbocycles. The fraction of sp³-hybridized carbons (Fsp3) is 0.200. The summed E-state index contributed by atoms with van der Waals surface area (Å²) < 4.78 is 40.2. The quantitative estimate of drug-likeness (QED) is 0.596. The van der Waals surface area contributed by atoms with Gasteiger partial charge in [0.05, 0.1) is 11.6 Å². The van der Waals surface area contributed by atoms with Gasteiger partial charge >= 0.3 is 6.18 Å². The standard InChI is InChI=1S/C20H22F3N5/c1-12(24)15(13-7-3-5-9-16(13)20(21,22)23)11-18(25)26-19-14-8-4-6-10-17(14)27-28(19)2/h3-11,17,26-27H,24-25H2,1-2H3/b15-12+,18-11+. The number of nitrogens with two attached hydrogens (primary N) is 2. The summed E-state index contributed by atoms with van der Waals surface area (Å²) in [5.74, 6) is 0.897. The van der Waals surface area contributed by atoms with E-state index in [1.165, 1.54) is 24.3 Å². The lowest BCUT2D eigenvalue weighted by Gasteiger charge is -2.19. The van der Waals surface area contributed by atoms with E-state index in [1.54, 1.807) is 11.9 Å². The zero-order chi connectivity index (χ0) is 20.5. The highest BCUT2D eigenvalue weighted by atomic mass is 19.4. The molecule has 1 aliphatic heterocycles. The number of benzene rings is 1. The van der Waals surface area contributed by atoms with Gasteiger partial charge in [-0.2, -0.15) is 13.2 Å². The lowest BCUT2D eigenvalue weighted by Crippen LogP contribution is -2.37. The minimum absolute atomic E-state index is 0.0162. The number of hydrogen-bond acceptors (Lipinski definition) is 5. The number of alkyl halides is 3. The van der Waals surface area contributed by atoms with Crippen molar-refractivity contribution in [2.45, 2.75) is 19.1 Å². The fourth-order valence-corrected chi connectivity index (χ4v) is 3.20. The van der Waals surface area contributed by atoms with Gasteiger partial charge in [-0.25, -0.2) is 5.43 Å². The lowest BCUT2D eigenvalue weighted by atomic mass is 9.97. The van der Waals surface area contributed by atoms with Crippen LogP contribution in [0.4, 0.5) is 13.2 Å². The SMILES string of the molecule is C/C(N)=C(/C=C(\N)NC1=C2C=CC=CC2NN1C)c1ccccc1C(F)(F)F. The molecule has 1 atom stereocenters. The van der Waals surface area contributed by atoms with Gasteiger partial charge in [-0.15, -0.1) is 0 Å². The predicted octanol–water partition coefficient (Wildman–Crippen LogP) is 2.94. The van der Waals surface area contributed by atoms with Crippen molar-refractivity contribution < 1.29 is 13.2 Å². The summed E-state index contributed by atoms with van der Waals surface area (Å²) in [5.41, 5.74) is 15.9. The fourth-order valence-electron chi connectivity index (χ4n) is 3.20. The highest BCUT2D eigenvalue weighted by molar-refractivity contribution is 5.78. The van der Waals surface area contributed by atoms with Crippen LogP contribution >= 0.6 is 0 Å². The predicted molar refractivity (Wildman–Crippen MR) is 104 cm³/mol. The Morgan fingerprint density at radius 3 is 2.61 bits per heavy atom. The third kappa shape index (κ3) is 3.91. The highest BCUT2D eigenvalue weighted by Crippen LogP contribution is 2.36. The first-order valence-corrected chi connectivity index (χ1v) is 8.64. The molecule has 1 aromatic rings. The number of hydrogen-bond donors (Lipinski definition) is 4. The molecule has 28 heavy (non-hydrogen) atoms. The van der Waals surface area contributed by atoms with Gasteiger partial charge in [-0.1, -0.05) is 42.5 Å². The summed E-state index contributed by atoms with van der Waals surface area (Å²) in [4.78, 5) is 0. The molecule has 5 nitrogen and oxygen atoms in total. The first-order chi connectivity index (χ1) is 13.2. The number of fused-ring (bicyclic) bond motifs is 1. The Morgan fingerprint density at radius 1 is 1.21 bits per heavy atom. The molecule has 3 rings (SSSR count). The van der Waals surface area contributed by atoms with E-state index >= 15 is 0 Å². The molecule has 1 unspecified atom stereocenters. The van der Waals surface area contributed by atoms with E-state index in [4.69, 9.17) is 11.5 Å². The second kappa shape index (κ2) is 7.47. The Balaban J connectivity index is 1.96. The molecule has 148 valence electrons. The Kier molecular flexibility index (Phi) is 5.24. The van der Waals surface area contributed by atoms with Crippen LogP contribution in [0, 0.1) is 0 Å². The van der Waals surface area contributed by atoms with E-state index in [-0.39, 0.29) is 28.7 Å². The van der Waals surface area contributed by atoms with Gasteiger partial charge in [0.2, 0.25) is 0 Å². The van der Waals surface area contributed by atoms with Crippen LogP contribution in [-0.4, -0.2) is 18.1 Å². The largest absolute Gasteiger partial charge is 0.417 e. The van der Waals surface area contributed by atoms with Crippen molar-refractivity contribution in [1.29, 1.82) is 0 Å². The monoisotopic (exact) mass is 389 g/mol. The van der Waals surface area contributed by atoms with Crippen LogP contribution in [0.5, 0.6) is 0 Å². The van der Waals surface area contributed by atoms with Crippen LogP contribution < -0.4 is 22.2 Å². The number of halogens is 3. The minimum Gasteiger partial charge on any atom is -0.402 e. The van der Waals surface area contributed by atoms with Gasteiger partial charge in [0.1, 0.15) is 11.6 Å². The van der Waals surface area contributed by atoms with E-state index < -0.39 is 11.7 Å². The van der Waals surface area contributed by atoms with Crippen molar-refractivity contribution >= 4 is 5.57 Å². The second-order valence-corrected chi connectivity index (χ2v) is 6.58. The van der Waals surface area contributed by atoms with Crippen LogP contribution in [0.2, 0.25) is 0 Å². The normalized spacial score (nSPS) is 20.4. The number of nitrogens with zero attached hydrogens (tertiary/aromatic N) is 1. The number of rotatable bonds is 4. The third-order valence-corrected chi connectivity index (χ3v) is 4.48. The summed E-state index contributed by atoms with van der Waals surface area (Å²) in [6, 6.07) is 5.30. The van der Waals surface area contributed by atoms with Gasteiger partial charge < -0.3 is 16.8 Å². The maximum atomic E-state index is 13.4. The number of nitrogens with one attached hydrogen (secondary N) is 2. The maximum Gasteiger partial charge on any atom is 0.417 e. The van der Waals surface area contributed by atoms with Crippen LogP contribution in [0.25, 0.3) is 5.57 Å². The van der Waals surface area contributed by atoms with Gasteiger partial charge in [-0.05, 0) is 24.6 Å². The smallest absolute Gasteiger partial charge is 0.402 e. The van der Waals surface area contributed by atoms with Gasteiger partial charge in [0.15, 0.2) is 0 Å². The Hall–Kier alpha value is -3.13. The Labute approximate surface area is 161 Å². The topological polar surface area (TPSA) is 79.3 Å². The zero-order valence-corrected chi connectivity index (χ0v) is 15.5. The average Bonchev–Trinajstić information content (AvgIpc) is 2.94. The molecule has 0 spiro atoms. The highest BCUT2D eigenvalue weighted by Gasteiger charge is 2.34. The van der Waals surface area contributed by atoms with E-state index in [9.17, 15) is 13.2 Å². The van der Waals surface area contributed by atoms with Crippen molar-refractivity contribution in [3.05, 3.63) is 88.7 Å². The molecule has 0 amide bonds. The summed E-state index contributed by atoms with van der Waals surface area (Å²) in [6.45, 7) is 1.54. The van der Waals surface area contributed by atoms with E-state index in [2.05, 4.69) is 10.7 Å². The van der Waals surface area contributed by atoms with Crippen molar-refractivity contribution in [2.24, 2.45) is 11.5 Å². The first-order valence-electron chi connectivity index (χ1n) is 8.64. The van der Waals surface area contributed by atoms with Crippen LogP contribution in [0.15, 0.2) is 77.6 Å².